The van der Waals surface area contributed by atoms with E-state index < -0.39 is 61.3 Å². The summed E-state index contributed by atoms with van der Waals surface area (Å²) in [5.74, 6) is -0.693. The number of anilines is 2. The molecule has 0 radical (unpaired) electrons. The number of methoxy groups -OCH3 is 2. The Morgan fingerprint density at radius 3 is 2.22 bits per heavy atom. The zero-order valence-corrected chi connectivity index (χ0v) is 28.4. The lowest BCUT2D eigenvalue weighted by molar-refractivity contribution is -0.155. The summed E-state index contributed by atoms with van der Waals surface area (Å²) in [6, 6.07) is 12.0. The van der Waals surface area contributed by atoms with Crippen LogP contribution >= 0.6 is 0 Å². The first kappa shape index (κ1) is 35.6. The molecule has 0 aromatic heterocycles. The molecule has 0 aliphatic carbocycles. The minimum Gasteiger partial charge on any atom is -0.496 e. The maximum absolute atomic E-state index is 14.2. The molecule has 16 heteroatoms. The van der Waals surface area contributed by atoms with Crippen LogP contribution in [0.2, 0.25) is 0 Å². The van der Waals surface area contributed by atoms with E-state index in [2.05, 4.69) is 0 Å². The lowest BCUT2D eigenvalue weighted by Gasteiger charge is -2.55. The summed E-state index contributed by atoms with van der Waals surface area (Å²) >= 11 is 0. The number of fused-ring (bicyclic) bond motifs is 1. The molecule has 3 aromatic carbocycles. The summed E-state index contributed by atoms with van der Waals surface area (Å²) in [6.45, 7) is 4.24. The minimum absolute atomic E-state index is 0.0284. The monoisotopic (exact) mass is 727 g/mol. The fraction of sp³-hybridized carbons (Fsp3) is 0.441. The third kappa shape index (κ3) is 6.43. The minimum atomic E-state index is -4.79. The quantitative estimate of drug-likeness (QED) is 0.201. The normalized spacial score (nSPS) is 18.2. The average Bonchev–Trinajstić information content (AvgIpc) is 3.01. The number of benzene rings is 3. The number of likely N-dealkylation sites (tertiary alicyclic amines) is 1. The summed E-state index contributed by atoms with van der Waals surface area (Å²) in [5, 5.41) is 0. The van der Waals surface area contributed by atoms with E-state index in [-0.39, 0.29) is 62.0 Å². The first-order valence-electron chi connectivity index (χ1n) is 15.6. The lowest BCUT2D eigenvalue weighted by Crippen LogP contribution is -2.72. The van der Waals surface area contributed by atoms with Gasteiger partial charge in [-0.15, -0.1) is 0 Å². The zero-order valence-electron chi connectivity index (χ0n) is 27.6. The fourth-order valence-electron chi connectivity index (χ4n) is 6.98. The van der Waals surface area contributed by atoms with Gasteiger partial charge in [-0.3, -0.25) is 14.0 Å². The van der Waals surface area contributed by atoms with Gasteiger partial charge in [0.2, 0.25) is 0 Å². The number of esters is 1. The van der Waals surface area contributed by atoms with Crippen molar-refractivity contribution in [2.45, 2.75) is 42.6 Å². The molecular weight excluding hydrogens is 692 g/mol. The molecule has 2 saturated heterocycles. The predicted molar refractivity (Wildman–Crippen MR) is 171 cm³/mol. The van der Waals surface area contributed by atoms with Gasteiger partial charge >= 0.3 is 18.3 Å². The molecule has 1 spiro atoms. The van der Waals surface area contributed by atoms with Crippen molar-refractivity contribution in [2.24, 2.45) is 5.41 Å². The first-order valence-corrected chi connectivity index (χ1v) is 17.0. The molecule has 9 nitrogen and oxygen atoms in total. The topological polar surface area (TPSA) is 88.6 Å². The maximum Gasteiger partial charge on any atom is 0.416 e. The number of nitrogens with zero attached hydrogens (tertiary/aromatic N) is 3. The van der Waals surface area contributed by atoms with E-state index in [0.717, 1.165) is 28.6 Å². The van der Waals surface area contributed by atoms with Crippen LogP contribution in [0.15, 0.2) is 65.6 Å². The van der Waals surface area contributed by atoms with Gasteiger partial charge in [0, 0.05) is 49.9 Å². The second kappa shape index (κ2) is 12.2. The van der Waals surface area contributed by atoms with Crippen LogP contribution in [0, 0.1) is 5.41 Å². The Balaban J connectivity index is 1.32. The highest BCUT2D eigenvalue weighted by Crippen LogP contribution is 2.48. The van der Waals surface area contributed by atoms with E-state index in [1.807, 2.05) is 4.90 Å². The van der Waals surface area contributed by atoms with Crippen molar-refractivity contribution in [1.82, 2.24) is 4.90 Å². The molecule has 0 unspecified atom stereocenters. The molecular formula is C34H35F6N3O6S. The zero-order chi connectivity index (χ0) is 36.4. The van der Waals surface area contributed by atoms with Crippen LogP contribution in [-0.4, -0.2) is 78.4 Å². The molecule has 0 saturated carbocycles. The predicted octanol–water partition coefficient (Wildman–Crippen LogP) is 6.18. The first-order chi connectivity index (χ1) is 23.3. The molecule has 0 bridgehead atoms. The third-order valence-electron chi connectivity index (χ3n) is 9.35. The number of sulfonamides is 1. The summed E-state index contributed by atoms with van der Waals surface area (Å²) in [5.41, 5.74) is -3.28. The van der Waals surface area contributed by atoms with Crippen molar-refractivity contribution in [3.63, 3.8) is 0 Å². The highest BCUT2D eigenvalue weighted by molar-refractivity contribution is 7.92. The van der Waals surface area contributed by atoms with Crippen molar-refractivity contribution in [3.8, 4) is 11.5 Å². The standard InChI is InChI=1S/C34H35F6N3O6S/c1-31(2,30(44)48-4)17-41-18-32(19-41)20-43(50(45,46)24-8-5-7-22(13-24)33(35,36)37)26-14-23(11-12-27(26)49-32)42-15-21(16-42)29-25(34(38,39)40)9-6-10-28(29)47-3/h5-14,21H,15-20H2,1-4H3. The van der Waals surface area contributed by atoms with Crippen LogP contribution in [0.1, 0.15) is 36.5 Å². The summed E-state index contributed by atoms with van der Waals surface area (Å²) in [6.07, 6.45) is -9.39. The Kier molecular flexibility index (Phi) is 8.73. The van der Waals surface area contributed by atoms with Gasteiger partial charge in [-0.2, -0.15) is 26.3 Å². The van der Waals surface area contributed by atoms with Crippen LogP contribution in [-0.2, 0) is 31.9 Å². The molecule has 3 aliphatic heterocycles. The van der Waals surface area contributed by atoms with E-state index >= 15 is 0 Å². The van der Waals surface area contributed by atoms with Gasteiger partial charge in [0.15, 0.2) is 5.60 Å². The molecule has 270 valence electrons. The molecule has 0 atom stereocenters. The van der Waals surface area contributed by atoms with Crippen LogP contribution in [0.5, 0.6) is 11.5 Å². The summed E-state index contributed by atoms with van der Waals surface area (Å²) in [4.78, 5) is 15.4. The number of hydrogen-bond acceptors (Lipinski definition) is 8. The fourth-order valence-corrected chi connectivity index (χ4v) is 8.57. The van der Waals surface area contributed by atoms with Crippen molar-refractivity contribution in [2.75, 3.05) is 62.7 Å². The number of carbonyl (C=O) groups is 1. The second-order valence-electron chi connectivity index (χ2n) is 13.5. The van der Waals surface area contributed by atoms with Gasteiger partial charge in [0.25, 0.3) is 10.0 Å². The van der Waals surface area contributed by atoms with Gasteiger partial charge in [-0.25, -0.2) is 8.42 Å². The Labute approximate surface area is 285 Å². The van der Waals surface area contributed by atoms with Gasteiger partial charge in [-0.05, 0) is 62.4 Å². The van der Waals surface area contributed by atoms with Gasteiger partial charge in [-0.1, -0.05) is 12.1 Å². The molecule has 3 aliphatic rings. The van der Waals surface area contributed by atoms with E-state index in [0.29, 0.717) is 11.8 Å². The van der Waals surface area contributed by atoms with Gasteiger partial charge < -0.3 is 19.1 Å². The number of ether oxygens (including phenoxy) is 3. The maximum atomic E-state index is 14.2. The lowest BCUT2D eigenvalue weighted by atomic mass is 9.86. The van der Waals surface area contributed by atoms with Gasteiger partial charge in [0.1, 0.15) is 11.5 Å². The van der Waals surface area contributed by atoms with Crippen molar-refractivity contribution in [1.29, 1.82) is 0 Å². The molecule has 50 heavy (non-hydrogen) atoms. The summed E-state index contributed by atoms with van der Waals surface area (Å²) in [7, 11) is -2.01. The summed E-state index contributed by atoms with van der Waals surface area (Å²) < 4.78 is 129. The van der Waals surface area contributed by atoms with E-state index in [1.165, 1.54) is 32.4 Å². The largest absolute Gasteiger partial charge is 0.496 e. The van der Waals surface area contributed by atoms with Crippen molar-refractivity contribution in [3.05, 3.63) is 77.4 Å². The number of hydrogen-bond donors (Lipinski definition) is 0. The SMILES string of the molecule is COC(=O)C(C)(C)CN1CC2(C1)CN(S(=O)(=O)c1cccc(C(F)(F)F)c1)c1cc(N3CC(c4c(OC)cccc4C(F)(F)F)C3)ccc1O2. The van der Waals surface area contributed by atoms with E-state index in [4.69, 9.17) is 14.2 Å². The number of halogens is 6. The van der Waals surface area contributed by atoms with Crippen molar-refractivity contribution < 1.29 is 53.8 Å². The Morgan fingerprint density at radius 1 is 0.920 bits per heavy atom. The van der Waals surface area contributed by atoms with Crippen LogP contribution in [0.25, 0.3) is 0 Å². The highest BCUT2D eigenvalue weighted by Gasteiger charge is 2.53. The number of alkyl halides is 6. The molecule has 3 heterocycles. The van der Waals surface area contributed by atoms with Crippen LogP contribution < -0.4 is 18.7 Å². The average molecular weight is 728 g/mol. The van der Waals surface area contributed by atoms with Crippen molar-refractivity contribution >= 4 is 27.4 Å². The third-order valence-corrected chi connectivity index (χ3v) is 11.1. The molecule has 0 amide bonds. The Hall–Kier alpha value is -4.18. The van der Waals surface area contributed by atoms with E-state index in [9.17, 15) is 39.6 Å². The van der Waals surface area contributed by atoms with Gasteiger partial charge in [0.05, 0.1) is 47.9 Å². The Morgan fingerprint density at radius 2 is 1.60 bits per heavy atom. The molecule has 0 N–H and O–H groups in total. The van der Waals surface area contributed by atoms with E-state index in [1.54, 1.807) is 30.9 Å². The second-order valence-corrected chi connectivity index (χ2v) is 15.4. The highest BCUT2D eigenvalue weighted by atomic mass is 32.2. The molecule has 6 rings (SSSR count). The molecule has 3 aromatic rings. The van der Waals surface area contributed by atoms with Crippen LogP contribution in [0.4, 0.5) is 37.7 Å². The number of carbonyl (C=O) groups excluding carboxylic acids is 1. The molecule has 2 fully saturated rings. The Bertz CT molecular complexity index is 1900. The smallest absolute Gasteiger partial charge is 0.416 e. The number of rotatable bonds is 8. The van der Waals surface area contributed by atoms with Crippen LogP contribution in [0.3, 0.4) is 0 Å².